The van der Waals surface area contributed by atoms with Crippen molar-refractivity contribution in [2.75, 3.05) is 0 Å². The molecule has 0 aliphatic heterocycles. The summed E-state index contributed by atoms with van der Waals surface area (Å²) in [4.78, 5) is 18.9. The molecule has 0 spiro atoms. The fraction of sp³-hybridized carbons (Fsp3) is 0.667. The van der Waals surface area contributed by atoms with Gasteiger partial charge in [-0.25, -0.2) is 0 Å². The van der Waals surface area contributed by atoms with E-state index in [2.05, 4.69) is 0 Å². The molecule has 0 aliphatic rings. The zero-order chi connectivity index (χ0) is 7.15. The van der Waals surface area contributed by atoms with Gasteiger partial charge in [0.25, 0.3) is 0 Å². The molecule has 0 fully saturated rings. The Morgan fingerprint density at radius 2 is 0.800 bits per heavy atom. The van der Waals surface area contributed by atoms with Crippen LogP contribution >= 0.6 is 0 Å². The Hall–Kier alpha value is -0.0377. The first kappa shape index (κ1) is 22.5. The van der Waals surface area contributed by atoms with Crippen molar-refractivity contribution in [1.29, 1.82) is 0 Å². The third-order valence-corrected chi connectivity index (χ3v) is 0. The van der Waals surface area contributed by atoms with Crippen molar-refractivity contribution in [3.8, 4) is 0 Å². The van der Waals surface area contributed by atoms with Crippen molar-refractivity contribution in [2.24, 2.45) is 0 Å². The van der Waals surface area contributed by atoms with Gasteiger partial charge in [-0.2, -0.15) is 0 Å². The second-order valence-electron chi connectivity index (χ2n) is 1.82. The van der Waals surface area contributed by atoms with Crippen molar-refractivity contribution in [3.05, 3.63) is 0 Å². The van der Waals surface area contributed by atoms with Crippen molar-refractivity contribution >= 4 is 11.6 Å². The standard InChI is InChI=1S/2C3H6O.H2O.Re/c2*1-3(2)4;;/h2*1-2H3;1H2;. The van der Waals surface area contributed by atoms with E-state index >= 15 is 0 Å². The Morgan fingerprint density at radius 3 is 0.800 bits per heavy atom. The van der Waals surface area contributed by atoms with Crippen LogP contribution in [0.4, 0.5) is 0 Å². The first-order valence-corrected chi connectivity index (χ1v) is 2.41. The van der Waals surface area contributed by atoms with Crippen LogP contribution in [0, 0.1) is 0 Å². The Morgan fingerprint density at radius 1 is 0.800 bits per heavy atom. The summed E-state index contributed by atoms with van der Waals surface area (Å²) in [6, 6.07) is 0. The molecule has 0 aliphatic carbocycles. The van der Waals surface area contributed by atoms with Crippen LogP contribution in [0.15, 0.2) is 0 Å². The fourth-order valence-electron chi connectivity index (χ4n) is 0. The van der Waals surface area contributed by atoms with Gasteiger partial charge in [-0.3, -0.25) is 0 Å². The molecule has 0 heterocycles. The molecule has 0 rings (SSSR count). The molecule has 0 saturated carbocycles. The maximum atomic E-state index is 9.44. The van der Waals surface area contributed by atoms with E-state index in [1.165, 1.54) is 27.7 Å². The van der Waals surface area contributed by atoms with Gasteiger partial charge in [-0.15, -0.1) is 0 Å². The zero-order valence-electron chi connectivity index (χ0n) is 6.69. The fourth-order valence-corrected chi connectivity index (χ4v) is 0. The number of carbonyl (C=O) groups excluding carboxylic acids is 2. The summed E-state index contributed by atoms with van der Waals surface area (Å²) >= 11 is 0. The summed E-state index contributed by atoms with van der Waals surface area (Å²) < 4.78 is 0. The topological polar surface area (TPSA) is 65.6 Å². The largest absolute Gasteiger partial charge is 0.412 e. The van der Waals surface area contributed by atoms with Gasteiger partial charge >= 0.3 is 0 Å². The van der Waals surface area contributed by atoms with E-state index in [-0.39, 0.29) is 37.5 Å². The van der Waals surface area contributed by atoms with Gasteiger partial charge < -0.3 is 15.1 Å². The first-order valence-electron chi connectivity index (χ1n) is 2.41. The molecule has 0 aromatic carbocycles. The third-order valence-electron chi connectivity index (χ3n) is 0. The molecular formula is C6H14O3Re. The number of rotatable bonds is 0. The van der Waals surface area contributed by atoms with Crippen LogP contribution in [0.2, 0.25) is 0 Å². The van der Waals surface area contributed by atoms with E-state index in [0.29, 0.717) is 0 Å². The van der Waals surface area contributed by atoms with Crippen molar-refractivity contribution in [1.82, 2.24) is 0 Å². The number of hydrogen-bond acceptors (Lipinski definition) is 2. The van der Waals surface area contributed by atoms with Crippen LogP contribution in [-0.4, -0.2) is 17.0 Å². The first-order chi connectivity index (χ1) is 3.46. The van der Waals surface area contributed by atoms with E-state index in [9.17, 15) is 9.59 Å². The summed E-state index contributed by atoms with van der Waals surface area (Å²) in [5, 5.41) is 0. The Labute approximate surface area is 75.2 Å². The van der Waals surface area contributed by atoms with E-state index < -0.39 is 0 Å². The summed E-state index contributed by atoms with van der Waals surface area (Å²) in [5.74, 6) is 0.333. The molecule has 0 saturated heterocycles. The predicted octanol–water partition coefficient (Wildman–Crippen LogP) is 0.363. The molecule has 0 aromatic rings. The maximum Gasteiger partial charge on any atom is 0.126 e. The van der Waals surface area contributed by atoms with Gasteiger partial charge in [0.05, 0.1) is 0 Å². The Balaban J connectivity index is -0.0000000300. The number of ketones is 2. The molecule has 3 nitrogen and oxygen atoms in total. The molecular weight excluding hydrogens is 306 g/mol. The predicted molar refractivity (Wildman–Crippen MR) is 36.3 cm³/mol. The second kappa shape index (κ2) is 16.0. The second-order valence-corrected chi connectivity index (χ2v) is 1.82. The molecule has 0 bridgehead atoms. The van der Waals surface area contributed by atoms with Crippen molar-refractivity contribution in [2.45, 2.75) is 27.7 Å². The zero-order valence-corrected chi connectivity index (χ0v) is 9.41. The minimum absolute atomic E-state index is 0. The van der Waals surface area contributed by atoms with Crippen molar-refractivity contribution in [3.63, 3.8) is 0 Å². The number of carbonyl (C=O) groups is 2. The van der Waals surface area contributed by atoms with Crippen LogP contribution in [0.3, 0.4) is 0 Å². The summed E-state index contributed by atoms with van der Waals surface area (Å²) in [6.07, 6.45) is 0. The van der Waals surface area contributed by atoms with Crippen LogP contribution in [0.5, 0.6) is 0 Å². The van der Waals surface area contributed by atoms with Crippen molar-refractivity contribution < 1.29 is 35.5 Å². The quantitative estimate of drug-likeness (QED) is 0.647. The minimum Gasteiger partial charge on any atom is -0.412 e. The molecule has 0 unspecified atom stereocenters. The van der Waals surface area contributed by atoms with Gasteiger partial charge in [0.1, 0.15) is 11.6 Å². The Kier molecular flexibility index (Phi) is 36.0. The van der Waals surface area contributed by atoms with Crippen LogP contribution in [0.1, 0.15) is 27.7 Å². The van der Waals surface area contributed by atoms with E-state index in [1.54, 1.807) is 0 Å². The average Bonchev–Trinajstić information content (AvgIpc) is 1.25. The molecule has 10 heavy (non-hydrogen) atoms. The number of Topliss-reactive ketones (excluding diaryl/α,β-unsaturated/α-hetero) is 2. The molecule has 1 radical (unpaired) electrons. The van der Waals surface area contributed by atoms with Gasteiger partial charge in [-0.05, 0) is 27.7 Å². The molecule has 2 N–H and O–H groups in total. The normalized spacial score (nSPS) is 5.20. The third kappa shape index (κ3) is 272000. The Bertz CT molecular complexity index is 71.0. The van der Waals surface area contributed by atoms with Gasteiger partial charge in [-0.1, -0.05) is 0 Å². The smallest absolute Gasteiger partial charge is 0.126 e. The van der Waals surface area contributed by atoms with Crippen LogP contribution < -0.4 is 0 Å². The van der Waals surface area contributed by atoms with Gasteiger partial charge in [0, 0.05) is 20.4 Å². The maximum absolute atomic E-state index is 9.44. The average molecular weight is 320 g/mol. The minimum atomic E-state index is 0. The van der Waals surface area contributed by atoms with E-state index in [1.807, 2.05) is 0 Å². The van der Waals surface area contributed by atoms with Crippen LogP contribution in [0.25, 0.3) is 0 Å². The summed E-state index contributed by atoms with van der Waals surface area (Å²) in [5.41, 5.74) is 0. The molecule has 63 valence electrons. The van der Waals surface area contributed by atoms with Gasteiger partial charge in [0.15, 0.2) is 0 Å². The molecule has 0 aromatic heterocycles. The summed E-state index contributed by atoms with van der Waals surface area (Å²) in [7, 11) is 0. The van der Waals surface area contributed by atoms with E-state index in [4.69, 9.17) is 0 Å². The molecule has 0 amide bonds. The number of hydrogen-bond donors (Lipinski definition) is 0. The molecule has 0 atom stereocenters. The molecule has 4 heteroatoms. The van der Waals surface area contributed by atoms with E-state index in [0.717, 1.165) is 0 Å². The summed E-state index contributed by atoms with van der Waals surface area (Å²) in [6.45, 7) is 6.11. The SMILES string of the molecule is CC(C)=O.CC(C)=O.O.[Re]. The van der Waals surface area contributed by atoms with Gasteiger partial charge in [0.2, 0.25) is 0 Å². The monoisotopic (exact) mass is 321 g/mol. The van der Waals surface area contributed by atoms with Crippen LogP contribution in [-0.2, 0) is 30.0 Å².